The Morgan fingerprint density at radius 3 is 1.11 bits per heavy atom. The van der Waals surface area contributed by atoms with Crippen molar-refractivity contribution in [3.8, 4) is 11.5 Å². The van der Waals surface area contributed by atoms with E-state index in [1.807, 2.05) is 0 Å². The van der Waals surface area contributed by atoms with Gasteiger partial charge in [-0.15, -0.1) is 0 Å². The minimum Gasteiger partial charge on any atom is -0.455 e. The summed E-state index contributed by atoms with van der Waals surface area (Å²) >= 11 is 0. The second kappa shape index (κ2) is 10.5. The largest absolute Gasteiger partial charge is 0.455 e. The molecule has 0 fully saturated rings. The van der Waals surface area contributed by atoms with Crippen molar-refractivity contribution in [3.05, 3.63) is 78.2 Å². The Morgan fingerprint density at radius 2 is 0.811 bits per heavy atom. The maximum absolute atomic E-state index is 12.4. The van der Waals surface area contributed by atoms with Crippen LogP contribution in [0.25, 0.3) is 41.8 Å². The first-order valence-electron chi connectivity index (χ1n) is 8.36. The molecule has 0 bridgehead atoms. The molecule has 0 aliphatic heterocycles. The maximum atomic E-state index is 12.4. The first-order chi connectivity index (χ1) is 17.1. The summed E-state index contributed by atoms with van der Waals surface area (Å²) < 4.78 is 113. The van der Waals surface area contributed by atoms with Crippen LogP contribution in [0, 0.1) is 0 Å². The van der Waals surface area contributed by atoms with Gasteiger partial charge < -0.3 is 4.74 Å². The predicted molar refractivity (Wildman–Crippen MR) is 118 cm³/mol. The first kappa shape index (κ1) is 28.5. The molecule has 0 heterocycles. The molecule has 0 aliphatic carbocycles. The summed E-state index contributed by atoms with van der Waals surface area (Å²) in [6.07, 6.45) is 0. The molecule has 0 spiro atoms. The smallest absolute Gasteiger partial charge is 0.268 e. The van der Waals surface area contributed by atoms with Gasteiger partial charge in [-0.25, -0.2) is 33.7 Å². The van der Waals surface area contributed by atoms with Crippen LogP contribution in [0.2, 0.25) is 0 Å². The number of azide groups is 4. The zero-order chi connectivity index (χ0) is 28.1. The highest BCUT2D eigenvalue weighted by molar-refractivity contribution is 7.91. The molecule has 0 saturated carbocycles. The third-order valence-electron chi connectivity index (χ3n) is 3.78. The minimum absolute atomic E-state index is 0.366. The monoisotopic (exact) mass is 590 g/mol. The van der Waals surface area contributed by atoms with Crippen LogP contribution in [-0.4, -0.2) is 33.7 Å². The lowest BCUT2D eigenvalue weighted by molar-refractivity contribution is 0.452. The average Bonchev–Trinajstić information content (AvgIpc) is 2.79. The molecule has 21 nitrogen and oxygen atoms in total. The quantitative estimate of drug-likeness (QED) is 0.221. The number of hydrogen-bond donors (Lipinski definition) is 0. The van der Waals surface area contributed by atoms with E-state index in [2.05, 4.69) is 37.7 Å². The lowest BCUT2D eigenvalue weighted by Crippen LogP contribution is -2.06. The number of nitrogens with zero attached hydrogens (tertiary/aromatic N) is 12. The Labute approximate surface area is 205 Å². The average molecular weight is 591 g/mol. The predicted octanol–water partition coefficient (Wildman–Crippen LogP) is 3.47. The van der Waals surface area contributed by atoms with E-state index < -0.39 is 71.2 Å². The highest BCUT2D eigenvalue weighted by Crippen LogP contribution is 2.37. The van der Waals surface area contributed by atoms with E-state index in [1.165, 1.54) is 0 Å². The number of rotatable bonds is 10. The highest BCUT2D eigenvalue weighted by Gasteiger charge is 2.27. The van der Waals surface area contributed by atoms with Crippen LogP contribution in [0.5, 0.6) is 11.5 Å². The van der Waals surface area contributed by atoms with Crippen LogP contribution in [-0.2, 0) is 40.1 Å². The second-order valence-electron chi connectivity index (χ2n) is 5.90. The van der Waals surface area contributed by atoms with Crippen molar-refractivity contribution in [1.82, 2.24) is 0 Å². The normalized spacial score (nSPS) is 11.6. The van der Waals surface area contributed by atoms with Crippen molar-refractivity contribution < 1.29 is 38.4 Å². The van der Waals surface area contributed by atoms with Gasteiger partial charge >= 0.3 is 0 Å². The molecule has 2 aromatic carbocycles. The van der Waals surface area contributed by atoms with Gasteiger partial charge in [-0.3, -0.25) is 0 Å². The van der Waals surface area contributed by atoms with Gasteiger partial charge in [0.2, 0.25) is 0 Å². The number of sulfonamides is 4. The molecule has 25 heteroatoms. The van der Waals surface area contributed by atoms with Crippen LogP contribution in [0.4, 0.5) is 0 Å². The summed E-state index contributed by atoms with van der Waals surface area (Å²) in [5, 5.41) is 0. The van der Waals surface area contributed by atoms with E-state index in [-0.39, 0.29) is 0 Å². The van der Waals surface area contributed by atoms with Crippen molar-refractivity contribution in [2.45, 2.75) is 19.6 Å². The standard InChI is InChI=1S/C12H6N12O9S4/c13-17-21-34(25,26)7-1-3-9(11(5-7)36(29,30)23-19-15)33-10-4-2-8(35(27,28)22-18-14)6-12(10)37(31,32)24-20-16/h1-6H. The molecule has 0 atom stereocenters. The highest BCUT2D eigenvalue weighted by atomic mass is 32.2. The summed E-state index contributed by atoms with van der Waals surface area (Å²) in [4.78, 5) is 4.24. The lowest BCUT2D eigenvalue weighted by Gasteiger charge is -2.14. The van der Waals surface area contributed by atoms with Gasteiger partial charge in [-0.1, -0.05) is 0 Å². The number of ether oxygens (including phenoxy) is 1. The third-order valence-corrected chi connectivity index (χ3v) is 8.38. The van der Waals surface area contributed by atoms with Crippen molar-refractivity contribution in [2.24, 2.45) is 18.1 Å². The van der Waals surface area contributed by atoms with E-state index in [0.717, 1.165) is 0 Å². The van der Waals surface area contributed by atoms with Crippen molar-refractivity contribution in [1.29, 1.82) is 0 Å². The Kier molecular flexibility index (Phi) is 8.09. The number of benzene rings is 2. The zero-order valence-corrected chi connectivity index (χ0v) is 20.4. The van der Waals surface area contributed by atoms with Crippen LogP contribution in [0.3, 0.4) is 0 Å². The molecule has 37 heavy (non-hydrogen) atoms. The first-order valence-corrected chi connectivity index (χ1v) is 14.1. The topological polar surface area (TPSA) is 341 Å². The van der Waals surface area contributed by atoms with Gasteiger partial charge in [0, 0.05) is 37.7 Å². The summed E-state index contributed by atoms with van der Waals surface area (Å²) in [5.41, 5.74) is 33.9. The summed E-state index contributed by atoms with van der Waals surface area (Å²) in [5.74, 6) is -1.73. The van der Waals surface area contributed by atoms with E-state index in [1.54, 1.807) is 0 Å². The molecule has 0 aliphatic rings. The van der Waals surface area contributed by atoms with Gasteiger partial charge in [-0.05, 0) is 58.5 Å². The van der Waals surface area contributed by atoms with Gasteiger partial charge in [0.1, 0.15) is 21.3 Å². The maximum Gasteiger partial charge on any atom is 0.268 e. The molecule has 2 aromatic rings. The molecular formula is C12H6N12O9S4. The molecule has 2 rings (SSSR count). The molecular weight excluding hydrogens is 584 g/mol. The molecule has 0 amide bonds. The molecule has 0 radical (unpaired) electrons. The summed E-state index contributed by atoms with van der Waals surface area (Å²) in [6.45, 7) is 0. The van der Waals surface area contributed by atoms with E-state index in [0.29, 0.717) is 36.4 Å². The fourth-order valence-corrected chi connectivity index (χ4v) is 5.55. The Hall–Kier alpha value is -4.72. The van der Waals surface area contributed by atoms with E-state index >= 15 is 0 Å². The molecule has 0 aromatic heterocycles. The lowest BCUT2D eigenvalue weighted by atomic mass is 10.3. The van der Waals surface area contributed by atoms with E-state index in [9.17, 15) is 33.7 Å². The summed E-state index contributed by atoms with van der Waals surface area (Å²) in [6, 6.07) is 3.38. The SMILES string of the molecule is [N-]=[N+]=NS(=O)(=O)c1ccc(Oc2ccc(S(=O)(=O)N=[N+]=[N-])cc2S(=O)(=O)N=[N+]=[N-])c(S(=O)(=O)N=[N+]=[N-])c1. The fourth-order valence-electron chi connectivity index (χ4n) is 2.36. The number of hydrogen-bond acceptors (Lipinski definition) is 9. The van der Waals surface area contributed by atoms with Crippen LogP contribution < -0.4 is 4.74 Å². The zero-order valence-electron chi connectivity index (χ0n) is 17.1. The van der Waals surface area contributed by atoms with Gasteiger partial charge in [0.25, 0.3) is 40.1 Å². The van der Waals surface area contributed by atoms with E-state index in [4.69, 9.17) is 26.9 Å². The second-order valence-corrected chi connectivity index (χ2v) is 12.2. The fraction of sp³-hybridized carbons (Fsp3) is 0. The molecule has 0 N–H and O–H groups in total. The van der Waals surface area contributed by atoms with Crippen molar-refractivity contribution >= 4 is 40.1 Å². The molecule has 0 unspecified atom stereocenters. The van der Waals surface area contributed by atoms with Gasteiger partial charge in [0.15, 0.2) is 0 Å². The Morgan fingerprint density at radius 1 is 0.514 bits per heavy atom. The van der Waals surface area contributed by atoms with Crippen LogP contribution in [0.15, 0.2) is 74.1 Å². The van der Waals surface area contributed by atoms with Crippen molar-refractivity contribution in [3.63, 3.8) is 0 Å². The van der Waals surface area contributed by atoms with Crippen LogP contribution in [0.1, 0.15) is 0 Å². The molecule has 0 saturated heterocycles. The summed E-state index contributed by atoms with van der Waals surface area (Å²) in [7, 11) is -19.6. The Bertz CT molecular complexity index is 1790. The van der Waals surface area contributed by atoms with Crippen LogP contribution >= 0.6 is 0 Å². The van der Waals surface area contributed by atoms with Gasteiger partial charge in [0.05, 0.1) is 9.79 Å². The Balaban J connectivity index is 2.92. The van der Waals surface area contributed by atoms with Gasteiger partial charge in [-0.2, -0.15) is 0 Å². The van der Waals surface area contributed by atoms with Crippen molar-refractivity contribution in [2.75, 3.05) is 0 Å². The molecule has 192 valence electrons. The third kappa shape index (κ3) is 6.29. The minimum atomic E-state index is -5.05.